The van der Waals surface area contributed by atoms with Crippen molar-refractivity contribution < 1.29 is 0 Å². The van der Waals surface area contributed by atoms with Gasteiger partial charge >= 0.3 is 0 Å². The predicted molar refractivity (Wildman–Crippen MR) is 32.6 cm³/mol. The lowest BCUT2D eigenvalue weighted by atomic mass is 10.8. The van der Waals surface area contributed by atoms with Gasteiger partial charge in [0.15, 0.2) is 0 Å². The maximum atomic E-state index is 3.55. The minimum atomic E-state index is 1.13. The van der Waals surface area contributed by atoms with E-state index in [9.17, 15) is 0 Å². The first-order chi connectivity index (χ1) is 2.41. The molecular weight excluding hydrogens is 96.2 g/mol. The van der Waals surface area contributed by atoms with Crippen molar-refractivity contribution in [2.45, 2.75) is 0 Å². The van der Waals surface area contributed by atoms with Gasteiger partial charge in [-0.15, -0.1) is 6.58 Å². The highest BCUT2D eigenvalue weighted by atomic mass is 32.4. The molecule has 0 amide bonds. The van der Waals surface area contributed by atoms with E-state index in [1.807, 2.05) is 17.3 Å². The van der Waals surface area contributed by atoms with Crippen LogP contribution in [-0.2, 0) is 0 Å². The first-order valence-electron chi connectivity index (χ1n) is 1.51. The molecule has 0 nitrogen and oxygen atoms in total. The number of hydrogen-bond donors (Lipinski definition) is 0. The molecule has 5 heavy (non-hydrogen) atoms. The first-order valence-corrected chi connectivity index (χ1v) is 5.36. The van der Waals surface area contributed by atoms with Crippen LogP contribution in [0.25, 0.3) is 0 Å². The second-order valence-electron chi connectivity index (χ2n) is 0.744. The SMILES string of the molecule is C=CCS[SiH3]. The minimum Gasteiger partial charge on any atom is -0.194 e. The molecule has 0 aliphatic carbocycles. The van der Waals surface area contributed by atoms with Crippen LogP contribution in [0.5, 0.6) is 0 Å². The lowest BCUT2D eigenvalue weighted by Crippen LogP contribution is -1.59. The zero-order chi connectivity index (χ0) is 4.12. The molecule has 0 bridgehead atoms. The Kier molecular flexibility index (Phi) is 4.57. The maximum absolute atomic E-state index is 3.55. The monoisotopic (exact) mass is 104 g/mol. The van der Waals surface area contributed by atoms with Gasteiger partial charge in [0.05, 0.1) is 9.39 Å². The summed E-state index contributed by atoms with van der Waals surface area (Å²) in [6.07, 6.45) is 1.93. The zero-order valence-corrected chi connectivity index (χ0v) is 6.22. The second-order valence-corrected chi connectivity index (χ2v) is 3.39. The van der Waals surface area contributed by atoms with E-state index in [4.69, 9.17) is 0 Å². The fraction of sp³-hybridized carbons (Fsp3) is 0.333. The molecule has 0 aromatic heterocycles. The molecule has 0 spiro atoms. The van der Waals surface area contributed by atoms with Crippen molar-refractivity contribution in [3.63, 3.8) is 0 Å². The summed E-state index contributed by atoms with van der Waals surface area (Å²) in [5.41, 5.74) is 0. The molecule has 0 radical (unpaired) electrons. The Bertz CT molecular complexity index is 28.1. The third-order valence-electron chi connectivity index (χ3n) is 0.285. The average molecular weight is 104 g/mol. The second kappa shape index (κ2) is 4.31. The van der Waals surface area contributed by atoms with Gasteiger partial charge in [0.1, 0.15) is 0 Å². The van der Waals surface area contributed by atoms with Crippen LogP contribution in [0.15, 0.2) is 12.7 Å². The van der Waals surface area contributed by atoms with Gasteiger partial charge in [-0.1, -0.05) is 6.08 Å². The standard InChI is InChI=1S/C3H8SSi/c1-2-3-4-5/h2H,1,3H2,5H3. The van der Waals surface area contributed by atoms with Gasteiger partial charge < -0.3 is 0 Å². The smallest absolute Gasteiger partial charge is 0.0698 e. The Labute approximate surface area is 39.7 Å². The van der Waals surface area contributed by atoms with Gasteiger partial charge in [-0.05, 0) is 0 Å². The average Bonchev–Trinajstić information content (AvgIpc) is 1.41. The van der Waals surface area contributed by atoms with Gasteiger partial charge in [-0.3, -0.25) is 0 Å². The third kappa shape index (κ3) is 4.31. The fourth-order valence-electron chi connectivity index (χ4n) is 0.118. The maximum Gasteiger partial charge on any atom is 0.0698 e. The van der Waals surface area contributed by atoms with Crippen molar-refractivity contribution in [3.8, 4) is 0 Å². The Balaban J connectivity index is 2.40. The van der Waals surface area contributed by atoms with E-state index in [-0.39, 0.29) is 0 Å². The van der Waals surface area contributed by atoms with Gasteiger partial charge in [0, 0.05) is 5.75 Å². The van der Waals surface area contributed by atoms with Crippen LogP contribution in [0.3, 0.4) is 0 Å². The van der Waals surface area contributed by atoms with Crippen LogP contribution >= 0.6 is 11.2 Å². The molecule has 0 aliphatic rings. The third-order valence-corrected chi connectivity index (χ3v) is 1.85. The Morgan fingerprint density at radius 2 is 2.60 bits per heavy atom. The normalized spacial score (nSPS) is 8.00. The number of hydrogen-bond acceptors (Lipinski definition) is 1. The van der Waals surface area contributed by atoms with Crippen LogP contribution < -0.4 is 0 Å². The lowest BCUT2D eigenvalue weighted by Gasteiger charge is -1.74. The summed E-state index contributed by atoms with van der Waals surface area (Å²) in [5.74, 6) is 1.13. The lowest BCUT2D eigenvalue weighted by molar-refractivity contribution is 1.84. The Morgan fingerprint density at radius 3 is 2.60 bits per heavy atom. The van der Waals surface area contributed by atoms with E-state index in [1.165, 1.54) is 9.39 Å². The molecule has 0 saturated heterocycles. The first kappa shape index (κ1) is 5.31. The van der Waals surface area contributed by atoms with Crippen LogP contribution in [0.1, 0.15) is 0 Å². The van der Waals surface area contributed by atoms with Crippen molar-refractivity contribution in [3.05, 3.63) is 12.7 Å². The summed E-state index contributed by atoms with van der Waals surface area (Å²) < 4.78 is 0. The Morgan fingerprint density at radius 1 is 2.00 bits per heavy atom. The topological polar surface area (TPSA) is 0 Å². The van der Waals surface area contributed by atoms with E-state index in [0.29, 0.717) is 0 Å². The van der Waals surface area contributed by atoms with Gasteiger partial charge in [-0.2, -0.15) is 11.2 Å². The summed E-state index contributed by atoms with van der Waals surface area (Å²) in [7, 11) is 1.24. The molecule has 0 aromatic rings. The fourth-order valence-corrected chi connectivity index (χ4v) is 1.06. The molecule has 0 N–H and O–H groups in total. The highest BCUT2D eigenvalue weighted by molar-refractivity contribution is 8.19. The van der Waals surface area contributed by atoms with E-state index >= 15 is 0 Å². The van der Waals surface area contributed by atoms with E-state index in [1.54, 1.807) is 0 Å². The number of rotatable bonds is 2. The van der Waals surface area contributed by atoms with Crippen molar-refractivity contribution in [2.24, 2.45) is 0 Å². The minimum absolute atomic E-state index is 1.13. The van der Waals surface area contributed by atoms with Crippen LogP contribution in [0.4, 0.5) is 0 Å². The summed E-state index contributed by atoms with van der Waals surface area (Å²) >= 11 is 1.92. The quantitative estimate of drug-likeness (QED) is 0.356. The highest BCUT2D eigenvalue weighted by Gasteiger charge is 1.60. The van der Waals surface area contributed by atoms with Crippen LogP contribution in [0.2, 0.25) is 0 Å². The van der Waals surface area contributed by atoms with Gasteiger partial charge in [-0.25, -0.2) is 0 Å². The van der Waals surface area contributed by atoms with Crippen molar-refractivity contribution in [1.29, 1.82) is 0 Å². The molecule has 2 heteroatoms. The zero-order valence-electron chi connectivity index (χ0n) is 3.40. The van der Waals surface area contributed by atoms with Crippen molar-refractivity contribution >= 4 is 20.6 Å². The molecule has 0 unspecified atom stereocenters. The molecule has 0 aliphatic heterocycles. The largest absolute Gasteiger partial charge is 0.194 e. The molecule has 0 heterocycles. The summed E-state index contributed by atoms with van der Waals surface area (Å²) in [6, 6.07) is 0. The van der Waals surface area contributed by atoms with E-state index in [2.05, 4.69) is 6.58 Å². The predicted octanol–water partition coefficient (Wildman–Crippen LogP) is 0.186. The molecular formula is C3H8SSi. The molecule has 0 aromatic carbocycles. The van der Waals surface area contributed by atoms with E-state index in [0.717, 1.165) is 5.75 Å². The van der Waals surface area contributed by atoms with E-state index < -0.39 is 0 Å². The molecule has 0 fully saturated rings. The van der Waals surface area contributed by atoms with Crippen molar-refractivity contribution in [1.82, 2.24) is 0 Å². The van der Waals surface area contributed by atoms with Gasteiger partial charge in [0.2, 0.25) is 0 Å². The molecule has 0 saturated carbocycles. The van der Waals surface area contributed by atoms with Crippen LogP contribution in [0, 0.1) is 0 Å². The summed E-state index contributed by atoms with van der Waals surface area (Å²) in [5, 5.41) is 0. The van der Waals surface area contributed by atoms with Crippen LogP contribution in [-0.4, -0.2) is 15.1 Å². The summed E-state index contributed by atoms with van der Waals surface area (Å²) in [4.78, 5) is 0. The van der Waals surface area contributed by atoms with Crippen molar-refractivity contribution in [2.75, 3.05) is 5.75 Å². The Hall–Kier alpha value is 0.307. The highest BCUT2D eigenvalue weighted by Crippen LogP contribution is 1.85. The summed E-state index contributed by atoms with van der Waals surface area (Å²) in [6.45, 7) is 3.55. The molecule has 0 atom stereocenters. The molecule has 0 rings (SSSR count). The molecule has 30 valence electrons. The van der Waals surface area contributed by atoms with Gasteiger partial charge in [0.25, 0.3) is 0 Å².